The second-order valence-electron chi connectivity index (χ2n) is 3.75. The summed E-state index contributed by atoms with van der Waals surface area (Å²) in [6.45, 7) is 0. The normalized spacial score (nSPS) is 10.1. The fraction of sp³-hybridized carbons (Fsp3) is 0. The van der Waals surface area contributed by atoms with E-state index in [1.54, 1.807) is 0 Å². The number of halogens is 2. The van der Waals surface area contributed by atoms with Gasteiger partial charge in [-0.1, -0.05) is 29.3 Å². The van der Waals surface area contributed by atoms with E-state index in [1.807, 2.05) is 0 Å². The molecule has 2 aromatic carbocycles. The van der Waals surface area contributed by atoms with Gasteiger partial charge in [0.2, 0.25) is 5.75 Å². The van der Waals surface area contributed by atoms with Gasteiger partial charge in [0.1, 0.15) is 5.75 Å². The lowest BCUT2D eigenvalue weighted by Gasteiger charge is -2.08. The van der Waals surface area contributed by atoms with E-state index in [-0.39, 0.29) is 27.2 Å². The van der Waals surface area contributed by atoms with Crippen LogP contribution in [-0.4, -0.2) is 11.2 Å². The number of hydrogen-bond acceptors (Lipinski definition) is 4. The fourth-order valence-electron chi connectivity index (χ4n) is 1.53. The highest BCUT2D eigenvalue weighted by atomic mass is 35.5. The first-order valence-electron chi connectivity index (χ1n) is 5.38. The molecule has 0 bridgehead atoms. The van der Waals surface area contributed by atoms with E-state index in [4.69, 9.17) is 27.9 Å². The predicted molar refractivity (Wildman–Crippen MR) is 75.0 cm³/mol. The van der Waals surface area contributed by atoms with Crippen molar-refractivity contribution in [2.24, 2.45) is 0 Å². The van der Waals surface area contributed by atoms with Crippen LogP contribution in [-0.2, 0) is 0 Å². The van der Waals surface area contributed by atoms with Crippen LogP contribution in [0.1, 0.15) is 10.4 Å². The van der Waals surface area contributed by atoms with Gasteiger partial charge in [-0.25, -0.2) is 0 Å². The van der Waals surface area contributed by atoms with Crippen molar-refractivity contribution in [2.45, 2.75) is 0 Å². The molecule has 0 N–H and O–H groups in total. The number of rotatable bonds is 4. The summed E-state index contributed by atoms with van der Waals surface area (Å²) in [5.41, 5.74) is 0.0424. The average molecular weight is 312 g/mol. The van der Waals surface area contributed by atoms with Gasteiger partial charge in [-0.05, 0) is 18.2 Å². The molecule has 2 rings (SSSR count). The molecule has 0 spiro atoms. The minimum absolute atomic E-state index is 0.0749. The van der Waals surface area contributed by atoms with Gasteiger partial charge in [0, 0.05) is 17.7 Å². The van der Waals surface area contributed by atoms with E-state index in [9.17, 15) is 14.9 Å². The zero-order chi connectivity index (χ0) is 14.7. The Kier molecular flexibility index (Phi) is 4.22. The minimum atomic E-state index is -0.595. The largest absolute Gasteiger partial charge is 0.448 e. The maximum atomic E-state index is 10.9. The molecule has 0 aliphatic heterocycles. The van der Waals surface area contributed by atoms with Crippen LogP contribution < -0.4 is 4.74 Å². The molecule has 0 aromatic heterocycles. The van der Waals surface area contributed by atoms with E-state index in [0.717, 1.165) is 0 Å². The first-order valence-corrected chi connectivity index (χ1v) is 6.14. The molecule has 0 radical (unpaired) electrons. The molecule has 0 amide bonds. The third-order valence-electron chi connectivity index (χ3n) is 2.46. The van der Waals surface area contributed by atoms with Gasteiger partial charge in [-0.2, -0.15) is 0 Å². The van der Waals surface area contributed by atoms with Crippen LogP contribution >= 0.6 is 23.2 Å². The van der Waals surface area contributed by atoms with Crippen molar-refractivity contribution in [3.63, 3.8) is 0 Å². The summed E-state index contributed by atoms with van der Waals surface area (Å²) in [4.78, 5) is 21.0. The molecular formula is C13H7Cl2NO4. The third kappa shape index (κ3) is 2.89. The quantitative estimate of drug-likeness (QED) is 0.473. The zero-order valence-electron chi connectivity index (χ0n) is 9.88. The van der Waals surface area contributed by atoms with Crippen molar-refractivity contribution < 1.29 is 14.5 Å². The monoisotopic (exact) mass is 311 g/mol. The second kappa shape index (κ2) is 5.90. The first kappa shape index (κ1) is 14.3. The molecule has 7 heteroatoms. The van der Waals surface area contributed by atoms with Crippen LogP contribution in [0.5, 0.6) is 11.5 Å². The molecule has 2 aromatic rings. The molecule has 0 unspecified atom stereocenters. The standard InChI is InChI=1S/C13H7Cl2NO4/c14-10-2-1-3-12(16(18)19)13(10)20-9-5-4-8(7-17)11(15)6-9/h1-7H. The van der Waals surface area contributed by atoms with Crippen LogP contribution in [0, 0.1) is 10.1 Å². The highest BCUT2D eigenvalue weighted by Crippen LogP contribution is 2.38. The van der Waals surface area contributed by atoms with E-state index in [2.05, 4.69) is 0 Å². The van der Waals surface area contributed by atoms with Gasteiger partial charge in [0.05, 0.1) is 15.0 Å². The molecule has 0 saturated heterocycles. The zero-order valence-corrected chi connectivity index (χ0v) is 11.4. The molecule has 0 aliphatic carbocycles. The average Bonchev–Trinajstić information content (AvgIpc) is 2.41. The van der Waals surface area contributed by atoms with E-state index < -0.39 is 4.92 Å². The van der Waals surface area contributed by atoms with Crippen molar-refractivity contribution in [3.8, 4) is 11.5 Å². The van der Waals surface area contributed by atoms with Crippen molar-refractivity contribution in [3.05, 3.63) is 62.1 Å². The molecule has 0 aliphatic rings. The Morgan fingerprint density at radius 2 is 1.90 bits per heavy atom. The number of benzene rings is 2. The van der Waals surface area contributed by atoms with Crippen LogP contribution in [0.2, 0.25) is 10.0 Å². The first-order chi connectivity index (χ1) is 9.52. The van der Waals surface area contributed by atoms with E-state index in [1.165, 1.54) is 36.4 Å². The number of nitro groups is 1. The van der Waals surface area contributed by atoms with E-state index >= 15 is 0 Å². The number of para-hydroxylation sites is 1. The summed E-state index contributed by atoms with van der Waals surface area (Å²) < 4.78 is 5.41. The molecule has 20 heavy (non-hydrogen) atoms. The number of nitrogens with zero attached hydrogens (tertiary/aromatic N) is 1. The number of carbonyl (C=O) groups is 1. The lowest BCUT2D eigenvalue weighted by Crippen LogP contribution is -1.94. The number of hydrogen-bond donors (Lipinski definition) is 0. The lowest BCUT2D eigenvalue weighted by molar-refractivity contribution is -0.385. The molecule has 5 nitrogen and oxygen atoms in total. The summed E-state index contributed by atoms with van der Waals surface area (Å²) in [5, 5.41) is 11.2. The fourth-order valence-corrected chi connectivity index (χ4v) is 1.95. The number of aldehydes is 1. The van der Waals surface area contributed by atoms with Crippen LogP contribution in [0.15, 0.2) is 36.4 Å². The molecule has 0 heterocycles. The highest BCUT2D eigenvalue weighted by molar-refractivity contribution is 6.33. The Morgan fingerprint density at radius 3 is 2.50 bits per heavy atom. The Labute approximate surface area is 123 Å². The maximum absolute atomic E-state index is 10.9. The highest BCUT2D eigenvalue weighted by Gasteiger charge is 2.19. The maximum Gasteiger partial charge on any atom is 0.313 e. The predicted octanol–water partition coefficient (Wildman–Crippen LogP) is 4.51. The van der Waals surface area contributed by atoms with Crippen molar-refractivity contribution in [2.75, 3.05) is 0 Å². The van der Waals surface area contributed by atoms with Crippen LogP contribution in [0.3, 0.4) is 0 Å². The Balaban J connectivity index is 2.42. The molecule has 0 saturated carbocycles. The van der Waals surface area contributed by atoms with Crippen LogP contribution in [0.25, 0.3) is 0 Å². The Bertz CT molecular complexity index is 688. The second-order valence-corrected chi connectivity index (χ2v) is 4.56. The van der Waals surface area contributed by atoms with Crippen LogP contribution in [0.4, 0.5) is 5.69 Å². The summed E-state index contributed by atoms with van der Waals surface area (Å²) in [7, 11) is 0. The van der Waals surface area contributed by atoms with Gasteiger partial charge >= 0.3 is 5.69 Å². The van der Waals surface area contributed by atoms with Gasteiger partial charge in [0.25, 0.3) is 0 Å². The number of ether oxygens (including phenoxy) is 1. The summed E-state index contributed by atoms with van der Waals surface area (Å²) in [5.74, 6) is 0.172. The van der Waals surface area contributed by atoms with Gasteiger partial charge in [-0.3, -0.25) is 14.9 Å². The smallest absolute Gasteiger partial charge is 0.313 e. The van der Waals surface area contributed by atoms with Gasteiger partial charge in [-0.15, -0.1) is 0 Å². The molecule has 0 atom stereocenters. The molecular weight excluding hydrogens is 305 g/mol. The van der Waals surface area contributed by atoms with Crippen molar-refractivity contribution in [1.29, 1.82) is 0 Å². The van der Waals surface area contributed by atoms with Gasteiger partial charge < -0.3 is 4.74 Å². The topological polar surface area (TPSA) is 69.4 Å². The Hall–Kier alpha value is -2.11. The minimum Gasteiger partial charge on any atom is -0.448 e. The number of nitro benzene ring substituents is 1. The third-order valence-corrected chi connectivity index (χ3v) is 3.09. The van der Waals surface area contributed by atoms with Crippen molar-refractivity contribution in [1.82, 2.24) is 0 Å². The molecule has 102 valence electrons. The lowest BCUT2D eigenvalue weighted by atomic mass is 10.2. The molecule has 0 fully saturated rings. The Morgan fingerprint density at radius 1 is 1.15 bits per heavy atom. The summed E-state index contributed by atoms with van der Waals surface area (Å²) in [6, 6.07) is 8.53. The summed E-state index contributed by atoms with van der Waals surface area (Å²) in [6.07, 6.45) is 0.601. The van der Waals surface area contributed by atoms with Crippen molar-refractivity contribution >= 4 is 35.2 Å². The summed E-state index contributed by atoms with van der Waals surface area (Å²) >= 11 is 11.8. The van der Waals surface area contributed by atoms with Gasteiger partial charge in [0.15, 0.2) is 6.29 Å². The SMILES string of the molecule is O=Cc1ccc(Oc2c(Cl)cccc2[N+](=O)[O-])cc1Cl. The van der Waals surface area contributed by atoms with E-state index in [0.29, 0.717) is 11.8 Å². The number of carbonyl (C=O) groups excluding carboxylic acids is 1.